The maximum Gasteiger partial charge on any atom is 0.189 e. The second kappa shape index (κ2) is 6.25. The van der Waals surface area contributed by atoms with Crippen molar-refractivity contribution in [3.63, 3.8) is 0 Å². The lowest BCUT2D eigenvalue weighted by Gasteiger charge is -2.28. The molecule has 0 N–H and O–H groups in total. The Bertz CT molecular complexity index is 484. The Morgan fingerprint density at radius 1 is 1.16 bits per heavy atom. The van der Waals surface area contributed by atoms with Gasteiger partial charge in [0, 0.05) is 25.4 Å². The molecule has 1 heterocycles. The molecule has 6 heteroatoms. The molecule has 0 atom stereocenters. The largest absolute Gasteiger partial charge is 0.468 e. The summed E-state index contributed by atoms with van der Waals surface area (Å²) in [6, 6.07) is 7.63. The highest BCUT2D eigenvalue weighted by atomic mass is 32.2. The Hall–Kier alpha value is -1.27. The third kappa shape index (κ3) is 4.11. The summed E-state index contributed by atoms with van der Waals surface area (Å²) in [5, 5.41) is 0. The van der Waals surface area contributed by atoms with E-state index >= 15 is 0 Å². The molecule has 0 radical (unpaired) electrons. The fourth-order valence-corrected chi connectivity index (χ4v) is 3.12. The van der Waals surface area contributed by atoms with Crippen molar-refractivity contribution in [2.45, 2.75) is 6.92 Å². The Balaban J connectivity index is 1.91. The highest BCUT2D eigenvalue weighted by Gasteiger charge is 2.21. The Labute approximate surface area is 114 Å². The zero-order valence-corrected chi connectivity index (χ0v) is 11.9. The highest BCUT2D eigenvalue weighted by molar-refractivity contribution is 7.91. The van der Waals surface area contributed by atoms with Gasteiger partial charge in [-0.3, -0.25) is 0 Å². The molecule has 0 unspecified atom stereocenters. The van der Waals surface area contributed by atoms with E-state index in [0.29, 0.717) is 19.7 Å². The van der Waals surface area contributed by atoms with E-state index in [0.717, 1.165) is 11.4 Å². The van der Waals surface area contributed by atoms with Gasteiger partial charge in [-0.05, 0) is 31.2 Å². The van der Waals surface area contributed by atoms with E-state index in [-0.39, 0.29) is 18.3 Å². The monoisotopic (exact) mass is 285 g/mol. The molecule has 19 heavy (non-hydrogen) atoms. The number of hydrogen-bond donors (Lipinski definition) is 0. The van der Waals surface area contributed by atoms with Crippen LogP contribution in [0.1, 0.15) is 6.92 Å². The molecule has 106 valence electrons. The number of nitrogens with zero attached hydrogens (tertiary/aromatic N) is 1. The normalized spacial score (nSPS) is 18.3. The fourth-order valence-electron chi connectivity index (χ4n) is 1.92. The first kappa shape index (κ1) is 14.1. The quantitative estimate of drug-likeness (QED) is 0.603. The Morgan fingerprint density at radius 3 is 2.37 bits per heavy atom. The van der Waals surface area contributed by atoms with Crippen LogP contribution in [-0.4, -0.2) is 46.4 Å². The van der Waals surface area contributed by atoms with Crippen molar-refractivity contribution in [2.24, 2.45) is 0 Å². The second-order valence-electron chi connectivity index (χ2n) is 4.39. The molecule has 0 saturated carbocycles. The predicted octanol–water partition coefficient (Wildman–Crippen LogP) is 1.29. The van der Waals surface area contributed by atoms with Crippen molar-refractivity contribution in [2.75, 3.05) is 42.9 Å². The van der Waals surface area contributed by atoms with Crippen LogP contribution >= 0.6 is 0 Å². The van der Waals surface area contributed by atoms with Gasteiger partial charge in [-0.1, -0.05) is 0 Å². The number of hydrogen-bond acceptors (Lipinski definition) is 5. The minimum absolute atomic E-state index is 0.232. The molecule has 1 fully saturated rings. The fraction of sp³-hybridized carbons (Fsp3) is 0.538. The minimum atomic E-state index is -2.83. The van der Waals surface area contributed by atoms with Crippen LogP contribution in [0.4, 0.5) is 5.69 Å². The van der Waals surface area contributed by atoms with Gasteiger partial charge in [0.1, 0.15) is 5.75 Å². The molecule has 1 aliphatic rings. The smallest absolute Gasteiger partial charge is 0.189 e. The number of ether oxygens (including phenoxy) is 2. The van der Waals surface area contributed by atoms with Gasteiger partial charge in [0.15, 0.2) is 16.6 Å². The molecule has 1 aromatic rings. The summed E-state index contributed by atoms with van der Waals surface area (Å²) in [5.74, 6) is 1.22. The van der Waals surface area contributed by atoms with Crippen LogP contribution in [0.5, 0.6) is 5.75 Å². The van der Waals surface area contributed by atoms with Crippen LogP contribution in [-0.2, 0) is 14.6 Å². The van der Waals surface area contributed by atoms with Gasteiger partial charge in [0.2, 0.25) is 0 Å². The van der Waals surface area contributed by atoms with E-state index in [2.05, 4.69) is 4.90 Å². The van der Waals surface area contributed by atoms with E-state index in [1.54, 1.807) is 0 Å². The van der Waals surface area contributed by atoms with Crippen LogP contribution in [0, 0.1) is 0 Å². The first-order valence-electron chi connectivity index (χ1n) is 6.37. The Morgan fingerprint density at radius 2 is 1.79 bits per heavy atom. The number of benzene rings is 1. The molecule has 0 spiro atoms. The minimum Gasteiger partial charge on any atom is -0.468 e. The van der Waals surface area contributed by atoms with Crippen LogP contribution < -0.4 is 9.64 Å². The average Bonchev–Trinajstić information content (AvgIpc) is 2.40. The molecule has 2 rings (SSSR count). The zero-order valence-electron chi connectivity index (χ0n) is 11.0. The van der Waals surface area contributed by atoms with Gasteiger partial charge in [-0.25, -0.2) is 8.42 Å². The van der Waals surface area contributed by atoms with E-state index < -0.39 is 9.84 Å². The lowest BCUT2D eigenvalue weighted by atomic mass is 10.2. The van der Waals surface area contributed by atoms with Crippen LogP contribution in [0.25, 0.3) is 0 Å². The maximum atomic E-state index is 11.4. The summed E-state index contributed by atoms with van der Waals surface area (Å²) in [5.41, 5.74) is 1.03. The number of sulfone groups is 1. The molecular weight excluding hydrogens is 266 g/mol. The molecule has 1 saturated heterocycles. The van der Waals surface area contributed by atoms with E-state index in [1.807, 2.05) is 31.2 Å². The molecule has 0 aliphatic carbocycles. The molecular formula is C13H19NO4S. The zero-order chi connectivity index (χ0) is 13.7. The lowest BCUT2D eigenvalue weighted by molar-refractivity contribution is 0.0224. The number of anilines is 1. The first-order chi connectivity index (χ1) is 9.11. The highest BCUT2D eigenvalue weighted by Crippen LogP contribution is 2.21. The van der Waals surface area contributed by atoms with Gasteiger partial charge in [0.05, 0.1) is 11.5 Å². The summed E-state index contributed by atoms with van der Waals surface area (Å²) in [6.07, 6.45) is 0. The third-order valence-electron chi connectivity index (χ3n) is 3.06. The van der Waals surface area contributed by atoms with Crippen molar-refractivity contribution in [1.82, 2.24) is 0 Å². The lowest BCUT2D eigenvalue weighted by Crippen LogP contribution is -2.40. The van der Waals surface area contributed by atoms with E-state index in [4.69, 9.17) is 9.47 Å². The standard InChI is InChI=1S/C13H19NO4S/c1-2-17-11-18-13-5-3-12(4-6-13)14-7-9-19(15,16)10-8-14/h3-6H,2,7-11H2,1H3. The molecule has 0 aromatic heterocycles. The van der Waals surface area contributed by atoms with Crippen molar-refractivity contribution in [3.05, 3.63) is 24.3 Å². The van der Waals surface area contributed by atoms with Gasteiger partial charge in [-0.2, -0.15) is 0 Å². The van der Waals surface area contributed by atoms with Gasteiger partial charge < -0.3 is 14.4 Å². The average molecular weight is 285 g/mol. The second-order valence-corrected chi connectivity index (χ2v) is 6.69. The maximum absolute atomic E-state index is 11.4. The van der Waals surface area contributed by atoms with Crippen molar-refractivity contribution in [1.29, 1.82) is 0 Å². The summed E-state index contributed by atoms with van der Waals surface area (Å²) in [6.45, 7) is 3.90. The summed E-state index contributed by atoms with van der Waals surface area (Å²) >= 11 is 0. The SMILES string of the molecule is CCOCOc1ccc(N2CCS(=O)(=O)CC2)cc1. The predicted molar refractivity (Wildman–Crippen MR) is 74.4 cm³/mol. The summed E-state index contributed by atoms with van der Waals surface area (Å²) in [4.78, 5) is 2.08. The van der Waals surface area contributed by atoms with Gasteiger partial charge in [0.25, 0.3) is 0 Å². The molecule has 0 amide bonds. The molecule has 5 nitrogen and oxygen atoms in total. The van der Waals surface area contributed by atoms with Crippen molar-refractivity contribution < 1.29 is 17.9 Å². The Kier molecular flexibility index (Phi) is 4.66. The van der Waals surface area contributed by atoms with E-state index in [9.17, 15) is 8.42 Å². The van der Waals surface area contributed by atoms with Crippen molar-refractivity contribution in [3.8, 4) is 5.75 Å². The van der Waals surface area contributed by atoms with Crippen molar-refractivity contribution >= 4 is 15.5 Å². The van der Waals surface area contributed by atoms with Gasteiger partial charge >= 0.3 is 0 Å². The summed E-state index contributed by atoms with van der Waals surface area (Å²) in [7, 11) is -2.83. The molecule has 0 bridgehead atoms. The van der Waals surface area contributed by atoms with Gasteiger partial charge in [-0.15, -0.1) is 0 Å². The van der Waals surface area contributed by atoms with Crippen LogP contribution in [0.3, 0.4) is 0 Å². The van der Waals surface area contributed by atoms with Crippen LogP contribution in [0.2, 0.25) is 0 Å². The molecule has 1 aromatic carbocycles. The van der Waals surface area contributed by atoms with E-state index in [1.165, 1.54) is 0 Å². The van der Waals surface area contributed by atoms with Crippen LogP contribution in [0.15, 0.2) is 24.3 Å². The summed E-state index contributed by atoms with van der Waals surface area (Å²) < 4.78 is 33.2. The topological polar surface area (TPSA) is 55.8 Å². The third-order valence-corrected chi connectivity index (χ3v) is 4.67. The number of rotatable bonds is 5. The molecule has 1 aliphatic heterocycles. The first-order valence-corrected chi connectivity index (χ1v) is 8.19.